The number of likely N-dealkylation sites (tertiary alicyclic amines) is 1. The summed E-state index contributed by atoms with van der Waals surface area (Å²) in [7, 11) is 0. The van der Waals surface area contributed by atoms with Crippen LogP contribution < -0.4 is 0 Å². The molecule has 0 atom stereocenters. The van der Waals surface area contributed by atoms with Crippen LogP contribution in [0.3, 0.4) is 0 Å². The van der Waals surface area contributed by atoms with Crippen molar-refractivity contribution < 1.29 is 18.7 Å². The van der Waals surface area contributed by atoms with Gasteiger partial charge in [0, 0.05) is 0 Å². The van der Waals surface area contributed by atoms with Gasteiger partial charge in [-0.1, -0.05) is 24.9 Å². The molecule has 1 aromatic carbocycles. The SMILES string of the molecule is CCCC1(O)CN(C(=O)c2cc(F)c(F)cc2Cl)C1. The Morgan fingerprint density at radius 2 is 2.00 bits per heavy atom. The lowest BCUT2D eigenvalue weighted by atomic mass is 9.89. The number of benzene rings is 1. The summed E-state index contributed by atoms with van der Waals surface area (Å²) in [5.74, 6) is -2.70. The van der Waals surface area contributed by atoms with E-state index in [0.29, 0.717) is 6.42 Å². The molecule has 0 radical (unpaired) electrons. The third-order valence-corrected chi connectivity index (χ3v) is 3.53. The molecule has 0 bridgehead atoms. The lowest BCUT2D eigenvalue weighted by Crippen LogP contribution is -2.63. The first kappa shape index (κ1) is 14.2. The fourth-order valence-corrected chi connectivity index (χ4v) is 2.52. The maximum Gasteiger partial charge on any atom is 0.255 e. The molecule has 6 heteroatoms. The van der Waals surface area contributed by atoms with Gasteiger partial charge < -0.3 is 10.0 Å². The Morgan fingerprint density at radius 3 is 2.58 bits per heavy atom. The van der Waals surface area contributed by atoms with E-state index in [0.717, 1.165) is 18.6 Å². The molecule has 1 aliphatic heterocycles. The maximum absolute atomic E-state index is 13.1. The Morgan fingerprint density at radius 1 is 1.42 bits per heavy atom. The zero-order valence-electron chi connectivity index (χ0n) is 10.4. The van der Waals surface area contributed by atoms with Crippen LogP contribution in [0.2, 0.25) is 5.02 Å². The highest BCUT2D eigenvalue weighted by Gasteiger charge is 2.43. The average molecular weight is 290 g/mol. The first-order valence-electron chi connectivity index (χ1n) is 6.02. The fraction of sp³-hybridized carbons (Fsp3) is 0.462. The van der Waals surface area contributed by atoms with Gasteiger partial charge in [0.1, 0.15) is 0 Å². The number of carbonyl (C=O) groups is 1. The second-order valence-corrected chi connectivity index (χ2v) is 5.29. The van der Waals surface area contributed by atoms with Gasteiger partial charge in [-0.2, -0.15) is 0 Å². The molecule has 1 fully saturated rings. The van der Waals surface area contributed by atoms with E-state index in [-0.39, 0.29) is 23.7 Å². The van der Waals surface area contributed by atoms with Gasteiger partial charge in [0.2, 0.25) is 0 Å². The highest BCUT2D eigenvalue weighted by Crippen LogP contribution is 2.29. The third kappa shape index (κ3) is 2.72. The van der Waals surface area contributed by atoms with Crippen LogP contribution in [-0.4, -0.2) is 34.6 Å². The van der Waals surface area contributed by atoms with Crippen LogP contribution in [0, 0.1) is 11.6 Å². The number of rotatable bonds is 3. The minimum absolute atomic E-state index is 0.0842. The van der Waals surface area contributed by atoms with E-state index in [1.807, 2.05) is 6.92 Å². The van der Waals surface area contributed by atoms with E-state index in [9.17, 15) is 18.7 Å². The molecule has 0 unspecified atom stereocenters. The van der Waals surface area contributed by atoms with Gasteiger partial charge in [-0.3, -0.25) is 4.79 Å². The summed E-state index contributed by atoms with van der Waals surface area (Å²) in [6.45, 7) is 2.32. The van der Waals surface area contributed by atoms with Gasteiger partial charge in [-0.25, -0.2) is 8.78 Å². The zero-order valence-corrected chi connectivity index (χ0v) is 11.2. The van der Waals surface area contributed by atoms with Crippen LogP contribution in [0.5, 0.6) is 0 Å². The van der Waals surface area contributed by atoms with Crippen molar-refractivity contribution in [2.45, 2.75) is 25.4 Å². The van der Waals surface area contributed by atoms with Crippen molar-refractivity contribution >= 4 is 17.5 Å². The van der Waals surface area contributed by atoms with Gasteiger partial charge >= 0.3 is 0 Å². The summed E-state index contributed by atoms with van der Waals surface area (Å²) in [6.07, 6.45) is 1.41. The van der Waals surface area contributed by atoms with Crippen molar-refractivity contribution in [2.24, 2.45) is 0 Å². The molecule has 1 saturated heterocycles. The Bertz CT molecular complexity index is 516. The Kier molecular flexibility index (Phi) is 3.78. The molecule has 2 rings (SSSR count). The summed E-state index contributed by atoms with van der Waals surface area (Å²) in [6, 6.07) is 1.57. The summed E-state index contributed by atoms with van der Waals surface area (Å²) in [5, 5.41) is 9.85. The van der Waals surface area contributed by atoms with E-state index in [1.54, 1.807) is 0 Å². The zero-order chi connectivity index (χ0) is 14.2. The molecular formula is C13H14ClF2NO2. The van der Waals surface area contributed by atoms with Crippen LogP contribution in [-0.2, 0) is 0 Å². The number of β-amino-alcohol motifs (C(OH)–C–C–N with tert-alkyl or cyclic N) is 1. The first-order valence-corrected chi connectivity index (χ1v) is 6.40. The van der Waals surface area contributed by atoms with Gasteiger partial charge in [-0.15, -0.1) is 0 Å². The fourth-order valence-electron chi connectivity index (χ4n) is 2.29. The topological polar surface area (TPSA) is 40.5 Å². The molecule has 0 spiro atoms. The molecule has 1 heterocycles. The van der Waals surface area contributed by atoms with E-state index in [1.165, 1.54) is 4.90 Å². The van der Waals surface area contributed by atoms with E-state index in [4.69, 9.17) is 11.6 Å². The van der Waals surface area contributed by atoms with Crippen molar-refractivity contribution in [3.05, 3.63) is 34.4 Å². The molecule has 1 N–H and O–H groups in total. The minimum atomic E-state index is -1.11. The highest BCUT2D eigenvalue weighted by atomic mass is 35.5. The Labute approximate surface area is 114 Å². The first-order chi connectivity index (χ1) is 8.86. The Hall–Kier alpha value is -1.20. The Balaban J connectivity index is 2.12. The van der Waals surface area contributed by atoms with E-state index < -0.39 is 23.1 Å². The quantitative estimate of drug-likeness (QED) is 0.869. The van der Waals surface area contributed by atoms with Crippen molar-refractivity contribution in [1.29, 1.82) is 0 Å². The molecule has 1 aromatic rings. The van der Waals surface area contributed by atoms with Crippen molar-refractivity contribution in [1.82, 2.24) is 4.90 Å². The normalized spacial score (nSPS) is 17.2. The van der Waals surface area contributed by atoms with Gasteiger partial charge in [0.15, 0.2) is 11.6 Å². The molecule has 1 amide bonds. The van der Waals surface area contributed by atoms with Crippen LogP contribution in [0.4, 0.5) is 8.78 Å². The maximum atomic E-state index is 13.1. The van der Waals surface area contributed by atoms with Crippen LogP contribution in [0.25, 0.3) is 0 Å². The van der Waals surface area contributed by atoms with Crippen LogP contribution in [0.1, 0.15) is 30.1 Å². The predicted octanol–water partition coefficient (Wildman–Crippen LogP) is 2.61. The lowest BCUT2D eigenvalue weighted by Gasteiger charge is -2.46. The number of hydrogen-bond acceptors (Lipinski definition) is 2. The van der Waals surface area contributed by atoms with Gasteiger partial charge in [0.05, 0.1) is 29.3 Å². The number of aliphatic hydroxyl groups is 1. The molecule has 19 heavy (non-hydrogen) atoms. The largest absolute Gasteiger partial charge is 0.386 e. The summed E-state index contributed by atoms with van der Waals surface area (Å²) < 4.78 is 26.0. The van der Waals surface area contributed by atoms with E-state index >= 15 is 0 Å². The summed E-state index contributed by atoms with van der Waals surface area (Å²) >= 11 is 5.74. The number of amides is 1. The number of nitrogens with zero attached hydrogens (tertiary/aromatic N) is 1. The smallest absolute Gasteiger partial charge is 0.255 e. The van der Waals surface area contributed by atoms with Gasteiger partial charge in [0.25, 0.3) is 5.91 Å². The molecule has 1 aliphatic rings. The molecule has 3 nitrogen and oxygen atoms in total. The second-order valence-electron chi connectivity index (χ2n) is 4.88. The van der Waals surface area contributed by atoms with Crippen molar-refractivity contribution in [3.63, 3.8) is 0 Å². The minimum Gasteiger partial charge on any atom is -0.386 e. The number of halogens is 3. The third-order valence-electron chi connectivity index (χ3n) is 3.21. The van der Waals surface area contributed by atoms with Gasteiger partial charge in [-0.05, 0) is 18.6 Å². The molecule has 0 saturated carbocycles. The molecule has 104 valence electrons. The average Bonchev–Trinajstić information content (AvgIpc) is 2.30. The molecule has 0 aliphatic carbocycles. The van der Waals surface area contributed by atoms with E-state index in [2.05, 4.69) is 0 Å². The molecule has 0 aromatic heterocycles. The molecular weight excluding hydrogens is 276 g/mol. The predicted molar refractivity (Wildman–Crippen MR) is 67.1 cm³/mol. The van der Waals surface area contributed by atoms with Crippen molar-refractivity contribution in [2.75, 3.05) is 13.1 Å². The lowest BCUT2D eigenvalue weighted by molar-refractivity contribution is -0.0860. The van der Waals surface area contributed by atoms with Crippen LogP contribution >= 0.6 is 11.6 Å². The monoisotopic (exact) mass is 289 g/mol. The van der Waals surface area contributed by atoms with Crippen molar-refractivity contribution in [3.8, 4) is 0 Å². The second kappa shape index (κ2) is 5.06. The number of hydrogen-bond donors (Lipinski definition) is 1. The standard InChI is InChI=1S/C13H14ClF2NO2/c1-2-3-13(19)6-17(7-13)12(18)8-4-10(15)11(16)5-9(8)14/h4-5,19H,2-3,6-7H2,1H3. The number of carbonyl (C=O) groups excluding carboxylic acids is 1. The summed E-state index contributed by atoms with van der Waals surface area (Å²) in [4.78, 5) is 13.4. The summed E-state index contributed by atoms with van der Waals surface area (Å²) in [5.41, 5.74) is -0.950. The van der Waals surface area contributed by atoms with Crippen LogP contribution in [0.15, 0.2) is 12.1 Å². The highest BCUT2D eigenvalue weighted by molar-refractivity contribution is 6.33.